The van der Waals surface area contributed by atoms with Gasteiger partial charge in [-0.1, -0.05) is 0 Å². The Kier molecular flexibility index (Phi) is 3.82. The third-order valence-electron chi connectivity index (χ3n) is 3.05. The van der Waals surface area contributed by atoms with Gasteiger partial charge in [-0.2, -0.15) is 0 Å². The first-order valence-corrected chi connectivity index (χ1v) is 5.90. The Bertz CT molecular complexity index is 606. The van der Waals surface area contributed by atoms with E-state index < -0.39 is 5.97 Å². The molecule has 1 atom stereocenters. The maximum atomic E-state index is 11.0. The molecule has 0 saturated heterocycles. The van der Waals surface area contributed by atoms with Gasteiger partial charge in [0.1, 0.15) is 5.82 Å². The van der Waals surface area contributed by atoms with Crippen LogP contribution in [0.5, 0.6) is 0 Å². The number of aromatic nitrogens is 2. The zero-order valence-electron chi connectivity index (χ0n) is 10.8. The van der Waals surface area contributed by atoms with Gasteiger partial charge in [0.05, 0.1) is 35.9 Å². The molecular weight excluding hydrogens is 248 g/mol. The van der Waals surface area contributed by atoms with Gasteiger partial charge in [-0.3, -0.25) is 0 Å². The Hall–Kier alpha value is -1.92. The molecule has 19 heavy (non-hydrogen) atoms. The lowest BCUT2D eigenvalue weighted by molar-refractivity contribution is 0.0697. The van der Waals surface area contributed by atoms with Crippen molar-refractivity contribution in [2.24, 2.45) is 0 Å². The molecule has 1 unspecified atom stereocenters. The Morgan fingerprint density at radius 1 is 1.53 bits per heavy atom. The summed E-state index contributed by atoms with van der Waals surface area (Å²) >= 11 is 0. The second-order valence-electron chi connectivity index (χ2n) is 4.33. The molecule has 0 fully saturated rings. The zero-order valence-corrected chi connectivity index (χ0v) is 10.8. The number of hydrogen-bond donors (Lipinski definition) is 2. The van der Waals surface area contributed by atoms with Crippen molar-refractivity contribution in [3.63, 3.8) is 0 Å². The van der Waals surface area contributed by atoms with E-state index in [9.17, 15) is 9.90 Å². The zero-order chi connectivity index (χ0) is 14.0. The number of aryl methyl sites for hydroxylation is 1. The third-order valence-corrected chi connectivity index (χ3v) is 3.05. The molecular formula is C13H16N2O4. The standard InChI is InChI=1S/C13H16N2O4/c1-8-14-11-4-3-9(13(17)18)5-12(11)15(8)10(6-16)7-19-2/h3-5,10,16H,6-7H2,1-2H3,(H,17,18). The summed E-state index contributed by atoms with van der Waals surface area (Å²) in [6.45, 7) is 2.05. The average molecular weight is 264 g/mol. The number of fused-ring (bicyclic) bond motifs is 1. The number of benzene rings is 1. The van der Waals surface area contributed by atoms with Crippen LogP contribution in [0.2, 0.25) is 0 Å². The molecule has 2 aromatic rings. The summed E-state index contributed by atoms with van der Waals surface area (Å²) < 4.78 is 6.89. The van der Waals surface area contributed by atoms with Crippen LogP contribution in [0.4, 0.5) is 0 Å². The molecule has 0 spiro atoms. The van der Waals surface area contributed by atoms with Crippen LogP contribution in [0.15, 0.2) is 18.2 Å². The highest BCUT2D eigenvalue weighted by Gasteiger charge is 2.17. The second-order valence-corrected chi connectivity index (χ2v) is 4.33. The summed E-state index contributed by atoms with van der Waals surface area (Å²) in [7, 11) is 1.56. The van der Waals surface area contributed by atoms with Crippen molar-refractivity contribution < 1.29 is 19.7 Å². The van der Waals surface area contributed by atoms with E-state index in [0.717, 1.165) is 0 Å². The number of hydrogen-bond acceptors (Lipinski definition) is 4. The highest BCUT2D eigenvalue weighted by molar-refractivity contribution is 5.92. The van der Waals surface area contributed by atoms with Crippen LogP contribution in [-0.2, 0) is 4.74 Å². The van der Waals surface area contributed by atoms with Gasteiger partial charge in [0.25, 0.3) is 0 Å². The fourth-order valence-electron chi connectivity index (χ4n) is 2.21. The van der Waals surface area contributed by atoms with Crippen molar-refractivity contribution in [2.75, 3.05) is 20.3 Å². The van der Waals surface area contributed by atoms with Crippen LogP contribution in [0.25, 0.3) is 11.0 Å². The summed E-state index contributed by atoms with van der Waals surface area (Å²) in [5, 5.41) is 18.5. The quantitative estimate of drug-likeness (QED) is 0.848. The van der Waals surface area contributed by atoms with Gasteiger partial charge >= 0.3 is 5.97 Å². The number of nitrogens with zero attached hydrogens (tertiary/aromatic N) is 2. The van der Waals surface area contributed by atoms with E-state index in [2.05, 4.69) is 4.98 Å². The molecule has 0 amide bonds. The van der Waals surface area contributed by atoms with Crippen LogP contribution < -0.4 is 0 Å². The number of carboxylic acids is 1. The Balaban J connectivity index is 2.60. The Morgan fingerprint density at radius 2 is 2.26 bits per heavy atom. The lowest BCUT2D eigenvalue weighted by Crippen LogP contribution is -2.19. The van der Waals surface area contributed by atoms with Gasteiger partial charge in [-0.15, -0.1) is 0 Å². The monoisotopic (exact) mass is 264 g/mol. The molecule has 0 bridgehead atoms. The lowest BCUT2D eigenvalue weighted by Gasteiger charge is -2.17. The topological polar surface area (TPSA) is 84.6 Å². The van der Waals surface area contributed by atoms with Crippen molar-refractivity contribution >= 4 is 17.0 Å². The number of carbonyl (C=O) groups is 1. The predicted octanol–water partition coefficient (Wildman–Crippen LogP) is 1.22. The van der Waals surface area contributed by atoms with E-state index in [1.807, 2.05) is 11.5 Å². The molecule has 1 heterocycles. The highest BCUT2D eigenvalue weighted by Crippen LogP contribution is 2.22. The molecule has 0 radical (unpaired) electrons. The third kappa shape index (κ3) is 2.45. The molecule has 6 nitrogen and oxygen atoms in total. The van der Waals surface area contributed by atoms with E-state index in [1.54, 1.807) is 19.2 Å². The van der Waals surface area contributed by atoms with Crippen LogP contribution in [0.3, 0.4) is 0 Å². The first-order valence-electron chi connectivity index (χ1n) is 5.90. The molecule has 1 aromatic carbocycles. The number of carboxylic acid groups (broad SMARTS) is 1. The largest absolute Gasteiger partial charge is 0.478 e. The number of ether oxygens (including phenoxy) is 1. The van der Waals surface area contributed by atoms with Crippen molar-refractivity contribution in [1.29, 1.82) is 0 Å². The number of rotatable bonds is 5. The van der Waals surface area contributed by atoms with Crippen LogP contribution >= 0.6 is 0 Å². The van der Waals surface area contributed by atoms with E-state index in [-0.39, 0.29) is 18.2 Å². The van der Waals surface area contributed by atoms with Gasteiger partial charge < -0.3 is 19.5 Å². The van der Waals surface area contributed by atoms with E-state index >= 15 is 0 Å². The number of methoxy groups -OCH3 is 1. The van der Waals surface area contributed by atoms with Gasteiger partial charge in [-0.25, -0.2) is 9.78 Å². The first kappa shape index (κ1) is 13.5. The molecule has 1 aromatic heterocycles. The number of aliphatic hydroxyl groups is 1. The molecule has 102 valence electrons. The molecule has 0 aliphatic carbocycles. The summed E-state index contributed by atoms with van der Waals surface area (Å²) in [5.74, 6) is -0.270. The van der Waals surface area contributed by atoms with Gasteiger partial charge in [-0.05, 0) is 25.1 Å². The van der Waals surface area contributed by atoms with Gasteiger partial charge in [0.2, 0.25) is 0 Å². The van der Waals surface area contributed by atoms with E-state index in [0.29, 0.717) is 23.5 Å². The summed E-state index contributed by atoms with van der Waals surface area (Å²) in [4.78, 5) is 15.4. The molecule has 2 rings (SSSR count). The van der Waals surface area contributed by atoms with Crippen molar-refractivity contribution in [3.05, 3.63) is 29.6 Å². The normalized spacial score (nSPS) is 12.8. The highest BCUT2D eigenvalue weighted by atomic mass is 16.5. The summed E-state index contributed by atoms with van der Waals surface area (Å²) in [6, 6.07) is 4.48. The lowest BCUT2D eigenvalue weighted by atomic mass is 10.2. The predicted molar refractivity (Wildman–Crippen MR) is 69.4 cm³/mol. The van der Waals surface area contributed by atoms with Crippen LogP contribution in [-0.4, -0.2) is 46.1 Å². The van der Waals surface area contributed by atoms with Crippen LogP contribution in [0.1, 0.15) is 22.2 Å². The number of aromatic carboxylic acids is 1. The van der Waals surface area contributed by atoms with Gasteiger partial charge in [0.15, 0.2) is 0 Å². The minimum atomic E-state index is -0.986. The SMILES string of the molecule is COCC(CO)n1c(C)nc2ccc(C(=O)O)cc21. The number of imidazole rings is 1. The number of aliphatic hydroxyl groups excluding tert-OH is 1. The fraction of sp³-hybridized carbons (Fsp3) is 0.385. The van der Waals surface area contributed by atoms with Crippen molar-refractivity contribution in [1.82, 2.24) is 9.55 Å². The molecule has 0 aliphatic heterocycles. The fourth-order valence-corrected chi connectivity index (χ4v) is 2.21. The second kappa shape index (κ2) is 5.38. The van der Waals surface area contributed by atoms with Gasteiger partial charge in [0, 0.05) is 7.11 Å². The maximum absolute atomic E-state index is 11.0. The van der Waals surface area contributed by atoms with E-state index in [1.165, 1.54) is 6.07 Å². The summed E-state index contributed by atoms with van der Waals surface area (Å²) in [5.41, 5.74) is 1.59. The van der Waals surface area contributed by atoms with Crippen LogP contribution in [0, 0.1) is 6.92 Å². The summed E-state index contributed by atoms with van der Waals surface area (Å²) in [6.07, 6.45) is 0. The Morgan fingerprint density at radius 3 is 2.84 bits per heavy atom. The first-order chi connectivity index (χ1) is 9.08. The molecule has 6 heteroatoms. The van der Waals surface area contributed by atoms with Crippen molar-refractivity contribution in [2.45, 2.75) is 13.0 Å². The molecule has 0 aliphatic rings. The maximum Gasteiger partial charge on any atom is 0.335 e. The smallest absolute Gasteiger partial charge is 0.335 e. The van der Waals surface area contributed by atoms with Crippen molar-refractivity contribution in [3.8, 4) is 0 Å². The van der Waals surface area contributed by atoms with E-state index in [4.69, 9.17) is 9.84 Å². The minimum Gasteiger partial charge on any atom is -0.478 e. The Labute approximate surface area is 110 Å². The average Bonchev–Trinajstić information content (AvgIpc) is 2.71. The molecule has 0 saturated carbocycles. The minimum absolute atomic E-state index is 0.0998. The molecule has 2 N–H and O–H groups in total.